The summed E-state index contributed by atoms with van der Waals surface area (Å²) in [6.45, 7) is 2.14. The van der Waals surface area contributed by atoms with E-state index >= 15 is 4.39 Å². The van der Waals surface area contributed by atoms with Gasteiger partial charge in [-0.1, -0.05) is 37.8 Å². The zero-order valence-corrected chi connectivity index (χ0v) is 28.3. The number of ether oxygens (including phenoxy) is 3. The van der Waals surface area contributed by atoms with Crippen LogP contribution < -0.4 is 20.1 Å². The Hall–Kier alpha value is -2.69. The van der Waals surface area contributed by atoms with Gasteiger partial charge in [-0.05, 0) is 88.5 Å². The van der Waals surface area contributed by atoms with Crippen molar-refractivity contribution >= 4 is 11.7 Å². The fraction of sp³-hybridized carbons (Fsp3) is 0.730. The van der Waals surface area contributed by atoms with Gasteiger partial charge in [-0.25, -0.2) is 4.39 Å². The van der Waals surface area contributed by atoms with Gasteiger partial charge in [0.25, 0.3) is 5.91 Å². The highest BCUT2D eigenvalue weighted by Gasteiger charge is 2.59. The number of alkyl halides is 1. The number of carbonyl (C=O) groups excluding carboxylic acids is 2. The standard InChI is InChI=1S/C37H53FN4O5/c1-41-17-7-11-25(41)14-16-40-37(44)27-21-42-29-18-23-8-4-5-9-24(23)19-31(29)47-36-32(28(38)20-26(33(36)42)34(27)43)39-15-13-22-10-6-12-30(45-2)35(22)46-3/h6,10,12,21,23-26,28-29,31-33,36,39H,4-5,7-9,11,13-20H2,1-3H3,(H,40,44). The van der Waals surface area contributed by atoms with Crippen LogP contribution in [0, 0.1) is 17.8 Å². The van der Waals surface area contributed by atoms with E-state index in [0.29, 0.717) is 48.9 Å². The molecule has 9 nitrogen and oxygen atoms in total. The number of ketones is 1. The van der Waals surface area contributed by atoms with Crippen LogP contribution in [-0.4, -0.2) is 105 Å². The van der Waals surface area contributed by atoms with Crippen LogP contribution in [0.5, 0.6) is 11.5 Å². The van der Waals surface area contributed by atoms with Gasteiger partial charge in [0.15, 0.2) is 17.3 Å². The maximum absolute atomic E-state index is 16.3. The normalized spacial score (nSPS) is 36.6. The van der Waals surface area contributed by atoms with Gasteiger partial charge in [0.05, 0.1) is 50.1 Å². The predicted molar refractivity (Wildman–Crippen MR) is 177 cm³/mol. The molecule has 7 rings (SSSR count). The Morgan fingerprint density at radius 3 is 2.60 bits per heavy atom. The molecule has 1 aromatic rings. The van der Waals surface area contributed by atoms with Crippen molar-refractivity contribution in [3.63, 3.8) is 0 Å². The molecule has 3 aliphatic carbocycles. The third-order valence-corrected chi connectivity index (χ3v) is 12.4. The first kappa shape index (κ1) is 32.8. The minimum absolute atomic E-state index is 0.0454. The molecule has 2 N–H and O–H groups in total. The van der Waals surface area contributed by atoms with Gasteiger partial charge in [0.1, 0.15) is 6.17 Å². The number of hydrogen-bond acceptors (Lipinski definition) is 8. The molecule has 5 fully saturated rings. The van der Waals surface area contributed by atoms with Gasteiger partial charge >= 0.3 is 0 Å². The van der Waals surface area contributed by atoms with E-state index in [4.69, 9.17) is 14.2 Å². The fourth-order valence-electron chi connectivity index (χ4n) is 10.0. The number of para-hydroxylation sites is 1. The third kappa shape index (κ3) is 6.30. The molecule has 258 valence electrons. The number of nitrogens with zero attached hydrogens (tertiary/aromatic N) is 2. The van der Waals surface area contributed by atoms with Gasteiger partial charge in [0, 0.05) is 24.7 Å². The zero-order valence-electron chi connectivity index (χ0n) is 28.3. The summed E-state index contributed by atoms with van der Waals surface area (Å²) in [4.78, 5) is 32.3. The lowest BCUT2D eigenvalue weighted by atomic mass is 9.65. The average Bonchev–Trinajstić information content (AvgIpc) is 3.49. The minimum atomic E-state index is -1.28. The van der Waals surface area contributed by atoms with Gasteiger partial charge < -0.3 is 34.6 Å². The molecular weight excluding hydrogens is 599 g/mol. The molecule has 0 bridgehead atoms. The average molecular weight is 653 g/mol. The summed E-state index contributed by atoms with van der Waals surface area (Å²) in [5.74, 6) is 1.46. The molecule has 1 aromatic carbocycles. The Labute approximate surface area is 278 Å². The van der Waals surface area contributed by atoms with E-state index in [1.54, 1.807) is 14.2 Å². The molecule has 3 saturated carbocycles. The Balaban J connectivity index is 1.12. The lowest BCUT2D eigenvalue weighted by Gasteiger charge is -2.61. The number of methoxy groups -OCH3 is 2. The first-order chi connectivity index (χ1) is 22.9. The summed E-state index contributed by atoms with van der Waals surface area (Å²) in [6.07, 6.45) is 10.9. The smallest absolute Gasteiger partial charge is 0.256 e. The van der Waals surface area contributed by atoms with Crippen LogP contribution in [-0.2, 0) is 20.7 Å². The molecule has 10 atom stereocenters. The van der Waals surface area contributed by atoms with Crippen LogP contribution in [0.4, 0.5) is 4.39 Å². The minimum Gasteiger partial charge on any atom is -0.493 e. The number of halogens is 1. The fourth-order valence-corrected chi connectivity index (χ4v) is 10.0. The number of hydrogen-bond donors (Lipinski definition) is 2. The second-order valence-corrected chi connectivity index (χ2v) is 14.9. The van der Waals surface area contributed by atoms with Crippen molar-refractivity contribution in [2.24, 2.45) is 17.8 Å². The zero-order chi connectivity index (χ0) is 32.7. The Morgan fingerprint density at radius 2 is 1.85 bits per heavy atom. The van der Waals surface area contributed by atoms with Crippen LogP contribution in [0.15, 0.2) is 30.0 Å². The molecule has 47 heavy (non-hydrogen) atoms. The van der Waals surface area contributed by atoms with E-state index in [2.05, 4.69) is 27.5 Å². The number of fused-ring (bicyclic) bond motifs is 3. The van der Waals surface area contributed by atoms with Gasteiger partial charge in [0.2, 0.25) is 0 Å². The summed E-state index contributed by atoms with van der Waals surface area (Å²) in [6, 6.07) is 5.52. The highest BCUT2D eigenvalue weighted by Crippen LogP contribution is 2.50. The largest absolute Gasteiger partial charge is 0.493 e. The third-order valence-electron chi connectivity index (χ3n) is 12.4. The summed E-state index contributed by atoms with van der Waals surface area (Å²) in [7, 11) is 5.38. The number of morpholine rings is 1. The molecule has 10 heteroatoms. The van der Waals surface area contributed by atoms with E-state index in [9.17, 15) is 9.59 Å². The first-order valence-corrected chi connectivity index (χ1v) is 18.1. The number of amides is 1. The van der Waals surface area contributed by atoms with Gasteiger partial charge in [-0.15, -0.1) is 0 Å². The molecule has 2 saturated heterocycles. The van der Waals surface area contributed by atoms with E-state index < -0.39 is 24.2 Å². The van der Waals surface area contributed by atoms with Crippen molar-refractivity contribution in [2.75, 3.05) is 40.9 Å². The Kier molecular flexibility index (Phi) is 9.81. The van der Waals surface area contributed by atoms with Crippen molar-refractivity contribution in [3.05, 3.63) is 35.5 Å². The summed E-state index contributed by atoms with van der Waals surface area (Å²) in [5.41, 5.74) is 1.18. The van der Waals surface area contributed by atoms with Crippen LogP contribution in [0.25, 0.3) is 0 Å². The molecule has 1 amide bonds. The number of likely N-dealkylation sites (tertiary alicyclic amines) is 1. The van der Waals surface area contributed by atoms with Crippen LogP contribution >= 0.6 is 0 Å². The SMILES string of the molecule is COc1cccc(CCNC2C(F)CC3C(=O)C(C(=O)NCCC4CCCN4C)=CN4C5CC6CCCCC6CC5OC2C34)c1OC. The van der Waals surface area contributed by atoms with Crippen LogP contribution in [0.3, 0.4) is 0 Å². The van der Waals surface area contributed by atoms with E-state index in [1.807, 2.05) is 24.4 Å². The Bertz CT molecular complexity index is 1340. The predicted octanol–water partition coefficient (Wildman–Crippen LogP) is 4.04. The van der Waals surface area contributed by atoms with Crippen molar-refractivity contribution in [1.82, 2.24) is 20.4 Å². The summed E-state index contributed by atoms with van der Waals surface area (Å²) >= 11 is 0. The molecule has 3 aliphatic heterocycles. The van der Waals surface area contributed by atoms with Crippen LogP contribution in [0.2, 0.25) is 0 Å². The van der Waals surface area contributed by atoms with E-state index in [1.165, 1.54) is 32.1 Å². The lowest BCUT2D eigenvalue weighted by molar-refractivity contribution is -0.208. The molecule has 3 heterocycles. The van der Waals surface area contributed by atoms with Crippen molar-refractivity contribution in [3.8, 4) is 11.5 Å². The maximum Gasteiger partial charge on any atom is 0.256 e. The second-order valence-electron chi connectivity index (χ2n) is 14.9. The second kappa shape index (κ2) is 14.0. The van der Waals surface area contributed by atoms with Gasteiger partial charge in [-0.3, -0.25) is 9.59 Å². The van der Waals surface area contributed by atoms with Crippen molar-refractivity contribution in [1.29, 1.82) is 0 Å². The summed E-state index contributed by atoms with van der Waals surface area (Å²) in [5, 5.41) is 6.58. The number of rotatable bonds is 10. The van der Waals surface area contributed by atoms with Crippen molar-refractivity contribution in [2.45, 2.75) is 113 Å². The topological polar surface area (TPSA) is 92.4 Å². The summed E-state index contributed by atoms with van der Waals surface area (Å²) < 4.78 is 34.4. The highest BCUT2D eigenvalue weighted by atomic mass is 19.1. The number of benzene rings is 1. The van der Waals surface area contributed by atoms with E-state index in [0.717, 1.165) is 37.8 Å². The number of nitrogens with one attached hydrogen (secondary N) is 2. The maximum atomic E-state index is 16.3. The number of Topliss-reactive ketones (excluding diaryl/α,β-unsaturated/α-hetero) is 1. The van der Waals surface area contributed by atoms with Gasteiger partial charge in [-0.2, -0.15) is 0 Å². The quantitative estimate of drug-likeness (QED) is 0.367. The van der Waals surface area contributed by atoms with Crippen LogP contribution in [0.1, 0.15) is 69.8 Å². The molecule has 0 radical (unpaired) electrons. The first-order valence-electron chi connectivity index (χ1n) is 18.1. The molecular formula is C37H53FN4O5. The molecule has 0 spiro atoms. The number of carbonyl (C=O) groups is 2. The molecule has 10 unspecified atom stereocenters. The lowest BCUT2D eigenvalue weighted by Crippen LogP contribution is -2.73. The monoisotopic (exact) mass is 652 g/mol. The Morgan fingerprint density at radius 1 is 1.04 bits per heavy atom. The molecule has 0 aromatic heterocycles. The molecule has 6 aliphatic rings. The highest BCUT2D eigenvalue weighted by molar-refractivity contribution is 6.20. The van der Waals surface area contributed by atoms with Crippen molar-refractivity contribution < 1.29 is 28.2 Å². The van der Waals surface area contributed by atoms with E-state index in [-0.39, 0.29) is 41.9 Å².